The van der Waals surface area contributed by atoms with Crippen LogP contribution < -0.4 is 4.74 Å². The van der Waals surface area contributed by atoms with Gasteiger partial charge < -0.3 is 9.47 Å². The van der Waals surface area contributed by atoms with E-state index in [-0.39, 0.29) is 30.9 Å². The molecule has 0 aliphatic heterocycles. The van der Waals surface area contributed by atoms with Gasteiger partial charge in [0.05, 0.1) is 0 Å². The molecule has 1 unspecified atom stereocenters. The van der Waals surface area contributed by atoms with Crippen LogP contribution in [-0.4, -0.2) is 18.5 Å². The standard InChI is InChI=1S/C15H20O4/c1-3-13(12(2)16)9-10-15(17)19-11-18-14-7-5-4-6-8-14/h4-8,13H,3,9-11H2,1-2H3. The van der Waals surface area contributed by atoms with E-state index in [2.05, 4.69) is 0 Å². The van der Waals surface area contributed by atoms with E-state index in [4.69, 9.17) is 9.47 Å². The highest BCUT2D eigenvalue weighted by Crippen LogP contribution is 2.13. The SMILES string of the molecule is CCC(CCC(=O)OCOc1ccccc1)C(C)=O. The normalized spacial score (nSPS) is 11.7. The van der Waals surface area contributed by atoms with Crippen LogP contribution >= 0.6 is 0 Å². The molecule has 0 saturated carbocycles. The van der Waals surface area contributed by atoms with Crippen molar-refractivity contribution in [2.75, 3.05) is 6.79 Å². The lowest BCUT2D eigenvalue weighted by Gasteiger charge is -2.11. The first-order chi connectivity index (χ1) is 9.13. The van der Waals surface area contributed by atoms with E-state index in [1.807, 2.05) is 25.1 Å². The highest BCUT2D eigenvalue weighted by molar-refractivity contribution is 5.79. The number of rotatable bonds is 8. The van der Waals surface area contributed by atoms with Crippen LogP contribution in [0.15, 0.2) is 30.3 Å². The molecular weight excluding hydrogens is 244 g/mol. The van der Waals surface area contributed by atoms with E-state index in [0.29, 0.717) is 12.2 Å². The Morgan fingerprint density at radius 3 is 2.47 bits per heavy atom. The summed E-state index contributed by atoms with van der Waals surface area (Å²) in [5, 5.41) is 0. The Morgan fingerprint density at radius 2 is 1.89 bits per heavy atom. The van der Waals surface area contributed by atoms with Crippen molar-refractivity contribution in [3.8, 4) is 5.75 Å². The number of ketones is 1. The quantitative estimate of drug-likeness (QED) is 0.535. The molecule has 0 saturated heterocycles. The van der Waals surface area contributed by atoms with E-state index >= 15 is 0 Å². The van der Waals surface area contributed by atoms with Crippen LogP contribution in [0.2, 0.25) is 0 Å². The second kappa shape index (κ2) is 8.29. The Morgan fingerprint density at radius 1 is 1.21 bits per heavy atom. The van der Waals surface area contributed by atoms with Crippen molar-refractivity contribution in [2.45, 2.75) is 33.1 Å². The van der Waals surface area contributed by atoms with Crippen molar-refractivity contribution < 1.29 is 19.1 Å². The van der Waals surface area contributed by atoms with Crippen LogP contribution in [0.5, 0.6) is 5.75 Å². The summed E-state index contributed by atoms with van der Waals surface area (Å²) in [6, 6.07) is 9.14. The van der Waals surface area contributed by atoms with Crippen LogP contribution in [0.3, 0.4) is 0 Å². The van der Waals surface area contributed by atoms with Gasteiger partial charge in [0.2, 0.25) is 6.79 Å². The number of hydrogen-bond donors (Lipinski definition) is 0. The fraction of sp³-hybridized carbons (Fsp3) is 0.467. The third kappa shape index (κ3) is 6.04. The lowest BCUT2D eigenvalue weighted by Crippen LogP contribution is -2.15. The van der Waals surface area contributed by atoms with Crippen molar-refractivity contribution >= 4 is 11.8 Å². The number of hydrogen-bond acceptors (Lipinski definition) is 4. The average molecular weight is 264 g/mol. The molecule has 1 aromatic rings. The zero-order valence-electron chi connectivity index (χ0n) is 11.4. The maximum atomic E-state index is 11.5. The average Bonchev–Trinajstić information content (AvgIpc) is 2.40. The van der Waals surface area contributed by atoms with Crippen LogP contribution in [-0.2, 0) is 14.3 Å². The van der Waals surface area contributed by atoms with Gasteiger partial charge in [0, 0.05) is 12.3 Å². The van der Waals surface area contributed by atoms with E-state index in [9.17, 15) is 9.59 Å². The minimum absolute atomic E-state index is 0.0532. The van der Waals surface area contributed by atoms with Gasteiger partial charge in [0.1, 0.15) is 11.5 Å². The molecule has 0 heterocycles. The molecule has 19 heavy (non-hydrogen) atoms. The molecular formula is C15H20O4. The Balaban J connectivity index is 2.19. The molecule has 104 valence electrons. The van der Waals surface area contributed by atoms with Gasteiger partial charge in [0.25, 0.3) is 0 Å². The van der Waals surface area contributed by atoms with Gasteiger partial charge in [-0.1, -0.05) is 25.1 Å². The van der Waals surface area contributed by atoms with Gasteiger partial charge in [-0.05, 0) is 31.9 Å². The van der Waals surface area contributed by atoms with Gasteiger partial charge in [-0.15, -0.1) is 0 Å². The van der Waals surface area contributed by atoms with E-state index in [0.717, 1.165) is 6.42 Å². The minimum Gasteiger partial charge on any atom is -0.457 e. The molecule has 4 nitrogen and oxygen atoms in total. The third-order valence-corrected chi connectivity index (χ3v) is 2.95. The number of Topliss-reactive ketones (excluding diaryl/α,β-unsaturated/α-hetero) is 1. The highest BCUT2D eigenvalue weighted by Gasteiger charge is 2.14. The number of ether oxygens (including phenoxy) is 2. The molecule has 4 heteroatoms. The maximum Gasteiger partial charge on any atom is 0.308 e. The fourth-order valence-corrected chi connectivity index (χ4v) is 1.74. The van der Waals surface area contributed by atoms with E-state index in [1.165, 1.54) is 0 Å². The highest BCUT2D eigenvalue weighted by atomic mass is 16.7. The molecule has 0 aromatic heterocycles. The smallest absolute Gasteiger partial charge is 0.308 e. The summed E-state index contributed by atoms with van der Waals surface area (Å²) in [7, 11) is 0. The van der Waals surface area contributed by atoms with Crippen molar-refractivity contribution in [3.05, 3.63) is 30.3 Å². The fourth-order valence-electron chi connectivity index (χ4n) is 1.74. The van der Waals surface area contributed by atoms with Crippen LogP contribution in [0, 0.1) is 5.92 Å². The summed E-state index contributed by atoms with van der Waals surface area (Å²) >= 11 is 0. The van der Waals surface area contributed by atoms with Crippen LogP contribution in [0.25, 0.3) is 0 Å². The molecule has 0 aliphatic rings. The van der Waals surface area contributed by atoms with Crippen LogP contribution in [0.1, 0.15) is 33.1 Å². The molecule has 0 bridgehead atoms. The molecule has 0 spiro atoms. The Labute approximate surface area is 113 Å². The largest absolute Gasteiger partial charge is 0.457 e. The molecule has 0 fully saturated rings. The first-order valence-corrected chi connectivity index (χ1v) is 6.47. The third-order valence-electron chi connectivity index (χ3n) is 2.95. The van der Waals surface area contributed by atoms with Crippen molar-refractivity contribution in [2.24, 2.45) is 5.92 Å². The van der Waals surface area contributed by atoms with E-state index < -0.39 is 0 Å². The summed E-state index contributed by atoms with van der Waals surface area (Å²) in [5.41, 5.74) is 0. The van der Waals surface area contributed by atoms with Gasteiger partial charge in [-0.3, -0.25) is 9.59 Å². The maximum absolute atomic E-state index is 11.5. The van der Waals surface area contributed by atoms with Crippen molar-refractivity contribution in [3.63, 3.8) is 0 Å². The Hall–Kier alpha value is -1.84. The number of carbonyl (C=O) groups is 2. The lowest BCUT2D eigenvalue weighted by molar-refractivity contribution is -0.150. The molecule has 0 amide bonds. The minimum atomic E-state index is -0.337. The molecule has 0 radical (unpaired) electrons. The number of carbonyl (C=O) groups excluding carboxylic acids is 2. The molecule has 1 atom stereocenters. The molecule has 0 aliphatic carbocycles. The summed E-state index contributed by atoms with van der Waals surface area (Å²) in [6.45, 7) is 3.40. The first-order valence-electron chi connectivity index (χ1n) is 6.47. The Kier molecular flexibility index (Phi) is 6.64. The first kappa shape index (κ1) is 15.2. The van der Waals surface area contributed by atoms with Crippen molar-refractivity contribution in [1.29, 1.82) is 0 Å². The predicted octanol–water partition coefficient (Wildman–Crippen LogP) is 2.96. The zero-order valence-corrected chi connectivity index (χ0v) is 11.4. The second-order valence-corrected chi connectivity index (χ2v) is 4.35. The van der Waals surface area contributed by atoms with Crippen molar-refractivity contribution in [1.82, 2.24) is 0 Å². The summed E-state index contributed by atoms with van der Waals surface area (Å²) in [5.74, 6) is 0.388. The topological polar surface area (TPSA) is 52.6 Å². The van der Waals surface area contributed by atoms with Gasteiger partial charge >= 0.3 is 5.97 Å². The lowest BCUT2D eigenvalue weighted by atomic mass is 9.97. The number of para-hydroxylation sites is 1. The Bertz CT molecular complexity index is 400. The number of benzene rings is 1. The summed E-state index contributed by atoms with van der Waals surface area (Å²) in [4.78, 5) is 22.7. The van der Waals surface area contributed by atoms with Gasteiger partial charge in [-0.25, -0.2) is 0 Å². The molecule has 1 rings (SSSR count). The van der Waals surface area contributed by atoms with Crippen LogP contribution in [0.4, 0.5) is 0 Å². The van der Waals surface area contributed by atoms with Gasteiger partial charge in [-0.2, -0.15) is 0 Å². The van der Waals surface area contributed by atoms with E-state index in [1.54, 1.807) is 19.1 Å². The second-order valence-electron chi connectivity index (χ2n) is 4.35. The predicted molar refractivity (Wildman–Crippen MR) is 71.7 cm³/mol. The number of esters is 1. The van der Waals surface area contributed by atoms with Gasteiger partial charge in [0.15, 0.2) is 0 Å². The molecule has 0 N–H and O–H groups in total. The summed E-state index contributed by atoms with van der Waals surface area (Å²) < 4.78 is 10.2. The zero-order chi connectivity index (χ0) is 14.1. The molecule has 1 aromatic carbocycles. The monoisotopic (exact) mass is 264 g/mol. The summed E-state index contributed by atoms with van der Waals surface area (Å²) in [6.07, 6.45) is 1.54.